The zero-order valence-electron chi connectivity index (χ0n) is 21.5. The van der Waals surface area contributed by atoms with Crippen molar-refractivity contribution in [2.24, 2.45) is 0 Å². The summed E-state index contributed by atoms with van der Waals surface area (Å²) in [6.45, 7) is 7.90. The fourth-order valence-corrected chi connectivity index (χ4v) is 4.18. The van der Waals surface area contributed by atoms with E-state index in [1.807, 2.05) is 63.2 Å². The van der Waals surface area contributed by atoms with Gasteiger partial charge in [-0.3, -0.25) is 0 Å². The van der Waals surface area contributed by atoms with Crippen molar-refractivity contribution in [3.8, 4) is 0 Å². The Morgan fingerprint density at radius 3 is 2.33 bits per heavy atom. The number of hydrogen-bond donors (Lipinski definition) is 0. The summed E-state index contributed by atoms with van der Waals surface area (Å²) in [6.07, 6.45) is -0.759. The Bertz CT molecular complexity index is 1300. The molecular formula is C29H33N3O4. The van der Waals surface area contributed by atoms with Crippen molar-refractivity contribution < 1.29 is 18.8 Å². The minimum absolute atomic E-state index is 0.178. The van der Waals surface area contributed by atoms with E-state index in [1.54, 1.807) is 18.9 Å². The van der Waals surface area contributed by atoms with Crippen LogP contribution in [0, 0.1) is 6.92 Å². The van der Waals surface area contributed by atoms with Crippen molar-refractivity contribution in [2.45, 2.75) is 51.9 Å². The SMILES string of the molecule is Cc1nc(CO[C@H](c2ccccc2)[C@H](CN(C)C(=O)OC(C)(C)C)c2ccc3ccccc3c2)no1. The highest BCUT2D eigenvalue weighted by atomic mass is 16.6. The fraction of sp³-hybridized carbons (Fsp3) is 0.345. The van der Waals surface area contributed by atoms with Gasteiger partial charge in [0.2, 0.25) is 5.89 Å². The van der Waals surface area contributed by atoms with Crippen LogP contribution in [0.5, 0.6) is 0 Å². The van der Waals surface area contributed by atoms with Crippen molar-refractivity contribution in [3.05, 3.63) is 95.6 Å². The quantitative estimate of drug-likeness (QED) is 0.285. The van der Waals surface area contributed by atoms with Gasteiger partial charge in [-0.05, 0) is 42.7 Å². The van der Waals surface area contributed by atoms with E-state index in [4.69, 9.17) is 14.0 Å². The zero-order chi connectivity index (χ0) is 25.7. The van der Waals surface area contributed by atoms with Gasteiger partial charge in [0.05, 0.1) is 6.10 Å². The molecule has 3 aromatic carbocycles. The number of amides is 1. The van der Waals surface area contributed by atoms with Crippen molar-refractivity contribution >= 4 is 16.9 Å². The topological polar surface area (TPSA) is 77.7 Å². The van der Waals surface area contributed by atoms with E-state index >= 15 is 0 Å². The number of ether oxygens (including phenoxy) is 2. The van der Waals surface area contributed by atoms with Crippen LogP contribution < -0.4 is 0 Å². The number of carbonyl (C=O) groups is 1. The highest BCUT2D eigenvalue weighted by Crippen LogP contribution is 2.37. The minimum atomic E-state index is -0.588. The molecule has 0 saturated carbocycles. The maximum Gasteiger partial charge on any atom is 0.410 e. The molecule has 7 heteroatoms. The number of aryl methyl sites for hydroxylation is 1. The van der Waals surface area contributed by atoms with E-state index in [-0.39, 0.29) is 24.7 Å². The first-order valence-corrected chi connectivity index (χ1v) is 12.1. The van der Waals surface area contributed by atoms with E-state index in [0.29, 0.717) is 18.3 Å². The molecule has 36 heavy (non-hydrogen) atoms. The summed E-state index contributed by atoms with van der Waals surface area (Å²) < 4.78 is 17.2. The van der Waals surface area contributed by atoms with E-state index < -0.39 is 5.60 Å². The monoisotopic (exact) mass is 487 g/mol. The fourth-order valence-electron chi connectivity index (χ4n) is 4.18. The van der Waals surface area contributed by atoms with Gasteiger partial charge in [-0.15, -0.1) is 0 Å². The number of fused-ring (bicyclic) bond motifs is 1. The normalized spacial score (nSPS) is 13.4. The lowest BCUT2D eigenvalue weighted by molar-refractivity contribution is 0.000577. The average molecular weight is 488 g/mol. The van der Waals surface area contributed by atoms with Gasteiger partial charge in [0.1, 0.15) is 12.2 Å². The van der Waals surface area contributed by atoms with Gasteiger partial charge < -0.3 is 18.9 Å². The third-order valence-corrected chi connectivity index (χ3v) is 5.83. The molecule has 0 spiro atoms. The lowest BCUT2D eigenvalue weighted by atomic mass is 9.87. The summed E-state index contributed by atoms with van der Waals surface area (Å²) in [6, 6.07) is 24.6. The van der Waals surface area contributed by atoms with Crippen molar-refractivity contribution in [3.63, 3.8) is 0 Å². The number of carbonyl (C=O) groups excluding carboxylic acids is 1. The molecule has 0 N–H and O–H groups in total. The predicted molar refractivity (Wildman–Crippen MR) is 139 cm³/mol. The first-order valence-electron chi connectivity index (χ1n) is 12.1. The highest BCUT2D eigenvalue weighted by Gasteiger charge is 2.30. The lowest BCUT2D eigenvalue weighted by Crippen LogP contribution is -2.38. The molecule has 2 atom stereocenters. The van der Waals surface area contributed by atoms with Crippen molar-refractivity contribution in [1.29, 1.82) is 0 Å². The Labute approximate surface area is 212 Å². The van der Waals surface area contributed by atoms with Crippen LogP contribution in [-0.4, -0.2) is 40.3 Å². The van der Waals surface area contributed by atoms with Gasteiger partial charge in [-0.1, -0.05) is 78.0 Å². The van der Waals surface area contributed by atoms with Crippen LogP contribution in [0.25, 0.3) is 10.8 Å². The van der Waals surface area contributed by atoms with Gasteiger partial charge in [0, 0.05) is 26.4 Å². The van der Waals surface area contributed by atoms with Gasteiger partial charge in [0.25, 0.3) is 0 Å². The summed E-state index contributed by atoms with van der Waals surface area (Å²) >= 11 is 0. The Hall–Kier alpha value is -3.71. The molecule has 7 nitrogen and oxygen atoms in total. The first kappa shape index (κ1) is 25.4. The largest absolute Gasteiger partial charge is 0.444 e. The molecule has 0 aliphatic heterocycles. The Kier molecular flexibility index (Phi) is 7.70. The minimum Gasteiger partial charge on any atom is -0.444 e. The molecule has 0 radical (unpaired) electrons. The molecule has 0 bridgehead atoms. The molecule has 0 saturated heterocycles. The molecule has 0 aliphatic carbocycles. The molecule has 188 valence electrons. The third-order valence-electron chi connectivity index (χ3n) is 5.83. The van der Waals surface area contributed by atoms with Gasteiger partial charge >= 0.3 is 6.09 Å². The Morgan fingerprint density at radius 1 is 0.972 bits per heavy atom. The molecule has 0 fully saturated rings. The third kappa shape index (κ3) is 6.49. The maximum atomic E-state index is 12.9. The molecule has 1 amide bonds. The number of hydrogen-bond acceptors (Lipinski definition) is 6. The second-order valence-corrected chi connectivity index (χ2v) is 9.95. The van der Waals surface area contributed by atoms with Gasteiger partial charge in [-0.25, -0.2) is 4.79 Å². The molecule has 4 rings (SSSR count). The van der Waals surface area contributed by atoms with Gasteiger partial charge in [0.15, 0.2) is 5.82 Å². The van der Waals surface area contributed by atoms with Crippen LogP contribution in [0.3, 0.4) is 0 Å². The summed E-state index contributed by atoms with van der Waals surface area (Å²) in [7, 11) is 1.76. The molecule has 1 heterocycles. The molecule has 0 unspecified atom stereocenters. The number of nitrogens with zero attached hydrogens (tertiary/aromatic N) is 3. The first-order chi connectivity index (χ1) is 17.2. The van der Waals surface area contributed by atoms with Crippen molar-refractivity contribution in [2.75, 3.05) is 13.6 Å². The van der Waals surface area contributed by atoms with Crippen LogP contribution in [0.4, 0.5) is 4.79 Å². The zero-order valence-corrected chi connectivity index (χ0v) is 21.5. The number of likely N-dealkylation sites (N-methyl/N-ethyl adjacent to an activating group) is 1. The average Bonchev–Trinajstić information content (AvgIpc) is 3.27. The van der Waals surface area contributed by atoms with E-state index in [9.17, 15) is 4.79 Å². The van der Waals surface area contributed by atoms with Crippen LogP contribution >= 0.6 is 0 Å². The molecule has 0 aliphatic rings. The smallest absolute Gasteiger partial charge is 0.410 e. The molecule has 4 aromatic rings. The van der Waals surface area contributed by atoms with E-state index in [2.05, 4.69) is 40.5 Å². The van der Waals surface area contributed by atoms with E-state index in [1.165, 1.54) is 0 Å². The van der Waals surface area contributed by atoms with Gasteiger partial charge in [-0.2, -0.15) is 4.98 Å². The molecule has 1 aromatic heterocycles. The Balaban J connectivity index is 1.72. The maximum absolute atomic E-state index is 12.9. The summed E-state index contributed by atoms with van der Waals surface area (Å²) in [4.78, 5) is 18.8. The van der Waals surface area contributed by atoms with Crippen LogP contribution in [-0.2, 0) is 16.1 Å². The van der Waals surface area contributed by atoms with Crippen LogP contribution in [0.1, 0.15) is 55.6 Å². The predicted octanol–water partition coefficient (Wildman–Crippen LogP) is 6.44. The van der Waals surface area contributed by atoms with Crippen LogP contribution in [0.2, 0.25) is 0 Å². The van der Waals surface area contributed by atoms with Crippen molar-refractivity contribution in [1.82, 2.24) is 15.0 Å². The molecular weight excluding hydrogens is 454 g/mol. The lowest BCUT2D eigenvalue weighted by Gasteiger charge is -2.32. The standard InChI is InChI=1S/C29H33N3O4/c1-20-30-26(31-36-20)19-34-27(22-12-7-6-8-13-22)25(18-32(5)28(33)35-29(2,3)4)24-16-15-21-11-9-10-14-23(21)17-24/h6-17,25,27H,18-19H2,1-5H3/t25-,27-/m1/s1. The number of rotatable bonds is 8. The summed E-state index contributed by atoms with van der Waals surface area (Å²) in [5.74, 6) is 0.773. The second kappa shape index (κ2) is 10.9. The number of benzene rings is 3. The van der Waals surface area contributed by atoms with Crippen LogP contribution in [0.15, 0.2) is 77.3 Å². The summed E-state index contributed by atoms with van der Waals surface area (Å²) in [5, 5.41) is 6.27. The highest BCUT2D eigenvalue weighted by molar-refractivity contribution is 5.83. The number of aromatic nitrogens is 2. The van der Waals surface area contributed by atoms with E-state index in [0.717, 1.165) is 21.9 Å². The Morgan fingerprint density at radius 2 is 1.67 bits per heavy atom. The second-order valence-electron chi connectivity index (χ2n) is 9.95. The summed E-state index contributed by atoms with van der Waals surface area (Å²) in [5.41, 5.74) is 1.46.